The van der Waals surface area contributed by atoms with Gasteiger partial charge in [0, 0.05) is 25.7 Å². The van der Waals surface area contributed by atoms with Crippen molar-refractivity contribution in [1.29, 1.82) is 0 Å². The normalized spacial score (nSPS) is 31.6. The highest BCUT2D eigenvalue weighted by Gasteiger charge is 2.25. The summed E-state index contributed by atoms with van der Waals surface area (Å²) in [5, 5.41) is 3.80. The lowest BCUT2D eigenvalue weighted by Crippen LogP contribution is -2.42. The van der Waals surface area contributed by atoms with Crippen molar-refractivity contribution in [3.63, 3.8) is 0 Å². The predicted molar refractivity (Wildman–Crippen MR) is 85.1 cm³/mol. The van der Waals surface area contributed by atoms with E-state index in [0.717, 1.165) is 25.1 Å². The Morgan fingerprint density at radius 3 is 2.65 bits per heavy atom. The zero-order valence-electron chi connectivity index (χ0n) is 13.6. The number of rotatable bonds is 7. The average molecular weight is 282 g/mol. The van der Waals surface area contributed by atoms with Crippen LogP contribution >= 0.6 is 0 Å². The molecule has 0 spiro atoms. The Morgan fingerprint density at radius 1 is 1.05 bits per heavy atom. The lowest BCUT2D eigenvalue weighted by molar-refractivity contribution is 0.0736. The lowest BCUT2D eigenvalue weighted by Gasteiger charge is -2.31. The molecule has 2 fully saturated rings. The molecule has 1 aliphatic heterocycles. The first-order chi connectivity index (χ1) is 9.79. The highest BCUT2D eigenvalue weighted by atomic mass is 16.5. The minimum absolute atomic E-state index is 0.493. The quantitative estimate of drug-likeness (QED) is 0.726. The van der Waals surface area contributed by atoms with Crippen LogP contribution in [0, 0.1) is 5.92 Å². The van der Waals surface area contributed by atoms with E-state index < -0.39 is 0 Å². The van der Waals surface area contributed by atoms with Crippen molar-refractivity contribution < 1.29 is 4.74 Å². The Hall–Kier alpha value is -0.120. The molecule has 2 aliphatic rings. The van der Waals surface area contributed by atoms with Crippen LogP contribution in [-0.2, 0) is 4.74 Å². The van der Waals surface area contributed by atoms with Crippen LogP contribution in [0.5, 0.6) is 0 Å². The van der Waals surface area contributed by atoms with Gasteiger partial charge in [0.25, 0.3) is 0 Å². The molecule has 1 aliphatic carbocycles. The van der Waals surface area contributed by atoms with Crippen molar-refractivity contribution in [2.75, 3.05) is 33.3 Å². The maximum absolute atomic E-state index is 5.77. The van der Waals surface area contributed by atoms with Crippen LogP contribution in [0.15, 0.2) is 0 Å². The first kappa shape index (κ1) is 16.3. The summed E-state index contributed by atoms with van der Waals surface area (Å²) in [7, 11) is 2.28. The number of hydrogen-bond acceptors (Lipinski definition) is 3. The molecule has 1 saturated carbocycles. The number of nitrogens with zero attached hydrogens (tertiary/aromatic N) is 1. The Kier molecular flexibility index (Phi) is 7.32. The second-order valence-electron chi connectivity index (χ2n) is 6.81. The molecule has 20 heavy (non-hydrogen) atoms. The topological polar surface area (TPSA) is 24.5 Å². The van der Waals surface area contributed by atoms with Gasteiger partial charge in [-0.2, -0.15) is 0 Å². The summed E-state index contributed by atoms with van der Waals surface area (Å²) in [6.07, 6.45) is 11.3. The summed E-state index contributed by atoms with van der Waals surface area (Å²) in [6, 6.07) is 0.740. The molecular weight excluding hydrogens is 248 g/mol. The van der Waals surface area contributed by atoms with Gasteiger partial charge in [-0.15, -0.1) is 0 Å². The maximum Gasteiger partial charge on any atom is 0.0702 e. The zero-order chi connectivity index (χ0) is 14.2. The van der Waals surface area contributed by atoms with Gasteiger partial charge in [-0.3, -0.25) is 0 Å². The third-order valence-electron chi connectivity index (χ3n) is 4.90. The van der Waals surface area contributed by atoms with Crippen LogP contribution in [0.3, 0.4) is 0 Å². The molecule has 0 aromatic heterocycles. The summed E-state index contributed by atoms with van der Waals surface area (Å²) in [5.74, 6) is 0.829. The minimum atomic E-state index is 0.493. The first-order valence-corrected chi connectivity index (χ1v) is 8.83. The summed E-state index contributed by atoms with van der Waals surface area (Å²) in [5.41, 5.74) is 0. The Bertz CT molecular complexity index is 253. The molecule has 2 rings (SSSR count). The van der Waals surface area contributed by atoms with Crippen molar-refractivity contribution >= 4 is 0 Å². The minimum Gasteiger partial charge on any atom is -0.377 e. The van der Waals surface area contributed by atoms with E-state index in [9.17, 15) is 0 Å². The van der Waals surface area contributed by atoms with E-state index in [4.69, 9.17) is 4.74 Å². The number of nitrogens with one attached hydrogen (secondary N) is 1. The molecule has 0 radical (unpaired) electrons. The van der Waals surface area contributed by atoms with Gasteiger partial charge in [0.1, 0.15) is 0 Å². The summed E-state index contributed by atoms with van der Waals surface area (Å²) in [4.78, 5) is 2.52. The molecule has 3 nitrogen and oxygen atoms in total. The molecule has 3 heteroatoms. The van der Waals surface area contributed by atoms with Crippen molar-refractivity contribution in [2.45, 2.75) is 70.4 Å². The van der Waals surface area contributed by atoms with Gasteiger partial charge in [0.2, 0.25) is 0 Å². The highest BCUT2D eigenvalue weighted by molar-refractivity contribution is 4.82. The second-order valence-corrected chi connectivity index (χ2v) is 6.81. The fourth-order valence-electron chi connectivity index (χ4n) is 3.81. The Morgan fingerprint density at radius 2 is 1.90 bits per heavy atom. The van der Waals surface area contributed by atoms with E-state index in [-0.39, 0.29) is 0 Å². The fourth-order valence-corrected chi connectivity index (χ4v) is 3.81. The van der Waals surface area contributed by atoms with E-state index in [0.29, 0.717) is 6.10 Å². The standard InChI is InChI=1S/C17H34N2O/c1-3-11-18-17-10-6-4-5-8-15(17)13-19(2)14-16-9-7-12-20-16/h15-18H,3-14H2,1-2H3. The molecule has 0 bridgehead atoms. The molecule has 0 aromatic rings. The summed E-state index contributed by atoms with van der Waals surface area (Å²) < 4.78 is 5.77. The van der Waals surface area contributed by atoms with Gasteiger partial charge in [0.05, 0.1) is 6.10 Å². The van der Waals surface area contributed by atoms with Crippen molar-refractivity contribution in [3.05, 3.63) is 0 Å². The van der Waals surface area contributed by atoms with Crippen LogP contribution in [0.2, 0.25) is 0 Å². The molecular formula is C17H34N2O. The van der Waals surface area contributed by atoms with Gasteiger partial charge in [0.15, 0.2) is 0 Å². The van der Waals surface area contributed by atoms with E-state index in [1.807, 2.05) is 0 Å². The van der Waals surface area contributed by atoms with Crippen LogP contribution in [0.4, 0.5) is 0 Å². The highest BCUT2D eigenvalue weighted by Crippen LogP contribution is 2.25. The van der Waals surface area contributed by atoms with E-state index >= 15 is 0 Å². The molecule has 118 valence electrons. The monoisotopic (exact) mass is 282 g/mol. The van der Waals surface area contributed by atoms with Gasteiger partial charge in [-0.05, 0) is 51.6 Å². The predicted octanol–water partition coefficient (Wildman–Crippen LogP) is 3.05. The number of hydrogen-bond donors (Lipinski definition) is 1. The lowest BCUT2D eigenvalue weighted by atomic mass is 9.94. The van der Waals surface area contributed by atoms with E-state index in [2.05, 4.69) is 24.2 Å². The Labute approximate surface area is 125 Å². The van der Waals surface area contributed by atoms with Crippen LogP contribution in [0.1, 0.15) is 58.3 Å². The average Bonchev–Trinajstić information content (AvgIpc) is 2.84. The van der Waals surface area contributed by atoms with E-state index in [1.54, 1.807) is 0 Å². The number of ether oxygens (including phenoxy) is 1. The summed E-state index contributed by atoms with van der Waals surface area (Å²) in [6.45, 7) is 6.78. The van der Waals surface area contributed by atoms with Crippen LogP contribution < -0.4 is 5.32 Å². The molecule has 0 aromatic carbocycles. The van der Waals surface area contributed by atoms with Gasteiger partial charge >= 0.3 is 0 Å². The fraction of sp³-hybridized carbons (Fsp3) is 1.00. The van der Waals surface area contributed by atoms with Crippen LogP contribution in [0.25, 0.3) is 0 Å². The van der Waals surface area contributed by atoms with Gasteiger partial charge in [-0.1, -0.05) is 26.2 Å². The van der Waals surface area contributed by atoms with Crippen LogP contribution in [-0.4, -0.2) is 50.3 Å². The van der Waals surface area contributed by atoms with Crippen molar-refractivity contribution in [1.82, 2.24) is 10.2 Å². The molecule has 1 saturated heterocycles. The van der Waals surface area contributed by atoms with Gasteiger partial charge in [-0.25, -0.2) is 0 Å². The van der Waals surface area contributed by atoms with Crippen molar-refractivity contribution in [2.24, 2.45) is 5.92 Å². The zero-order valence-corrected chi connectivity index (χ0v) is 13.6. The SMILES string of the molecule is CCCNC1CCCCCC1CN(C)CC1CCCO1. The maximum atomic E-state index is 5.77. The van der Waals surface area contributed by atoms with Gasteiger partial charge < -0.3 is 15.0 Å². The Balaban J connectivity index is 1.79. The third kappa shape index (κ3) is 5.34. The largest absolute Gasteiger partial charge is 0.377 e. The smallest absolute Gasteiger partial charge is 0.0702 e. The molecule has 0 amide bonds. The van der Waals surface area contributed by atoms with Crippen molar-refractivity contribution in [3.8, 4) is 0 Å². The number of likely N-dealkylation sites (N-methyl/N-ethyl adjacent to an activating group) is 1. The molecule has 3 unspecified atom stereocenters. The molecule has 1 heterocycles. The third-order valence-corrected chi connectivity index (χ3v) is 4.90. The molecule has 1 N–H and O–H groups in total. The van der Waals surface area contributed by atoms with E-state index in [1.165, 1.54) is 64.5 Å². The molecule has 3 atom stereocenters. The first-order valence-electron chi connectivity index (χ1n) is 8.83. The summed E-state index contributed by atoms with van der Waals surface area (Å²) >= 11 is 0. The second kappa shape index (κ2) is 9.01.